The molecular weight excluding hydrogens is 489 g/mol. The monoisotopic (exact) mass is 512 g/mol. The molecule has 0 unspecified atom stereocenters. The van der Waals surface area contributed by atoms with Gasteiger partial charge in [0.2, 0.25) is 0 Å². The fraction of sp³-hybridized carbons (Fsp3) is 0.333. The van der Waals surface area contributed by atoms with E-state index in [0.29, 0.717) is 11.6 Å². The number of likely N-dealkylation sites (tertiary alicyclic amines) is 1. The van der Waals surface area contributed by atoms with Crippen molar-refractivity contribution in [2.45, 2.75) is 31.6 Å². The predicted octanol–water partition coefficient (Wildman–Crippen LogP) is 5.16. The molecule has 0 spiro atoms. The summed E-state index contributed by atoms with van der Waals surface area (Å²) in [4.78, 5) is 23.3. The minimum Gasteiger partial charge on any atom is -0.497 e. The van der Waals surface area contributed by atoms with Crippen LogP contribution in [-0.2, 0) is 11.3 Å². The van der Waals surface area contributed by atoms with Gasteiger partial charge in [0.05, 0.1) is 12.8 Å². The van der Waals surface area contributed by atoms with E-state index < -0.39 is 12.1 Å². The van der Waals surface area contributed by atoms with E-state index in [9.17, 15) is 18.0 Å². The lowest BCUT2D eigenvalue weighted by Crippen LogP contribution is -2.38. The summed E-state index contributed by atoms with van der Waals surface area (Å²) in [7, 11) is 1.63. The van der Waals surface area contributed by atoms with E-state index >= 15 is 0 Å². The predicted molar refractivity (Wildman–Crippen MR) is 126 cm³/mol. The molecule has 2 heterocycles. The van der Waals surface area contributed by atoms with Crippen LogP contribution in [-0.4, -0.2) is 48.4 Å². The second kappa shape index (κ2) is 11.5. The summed E-state index contributed by atoms with van der Waals surface area (Å²) >= 11 is 5.96. The number of carboxylic acid groups (broad SMARTS) is 1. The standard InChI is InChI=1S/C22H23ClN2O3.C2HF3O2/c1-27-18-6-7-21-19(12-18)20(13-22(26)28-21)24-17-8-10-25(11-9-17)14-15-2-4-16(23)5-3-15;3-2(4,5)1(6)7/h2-7,12-13,17,24H,8-11,14H2,1H3;(H,6,7). The highest BCUT2D eigenvalue weighted by atomic mass is 35.5. The first-order valence-corrected chi connectivity index (χ1v) is 11.1. The van der Waals surface area contributed by atoms with E-state index in [2.05, 4.69) is 22.3 Å². The SMILES string of the molecule is COc1ccc2oc(=O)cc(NC3CCN(Cc4ccc(Cl)cc4)CC3)c2c1.O=C(O)C(F)(F)F. The van der Waals surface area contributed by atoms with Crippen molar-refractivity contribution >= 4 is 34.2 Å². The highest BCUT2D eigenvalue weighted by Gasteiger charge is 2.38. The number of benzene rings is 2. The zero-order chi connectivity index (χ0) is 25.6. The van der Waals surface area contributed by atoms with Crippen molar-refractivity contribution in [1.82, 2.24) is 4.90 Å². The maximum atomic E-state index is 11.9. The van der Waals surface area contributed by atoms with Gasteiger partial charge in [0.1, 0.15) is 11.3 Å². The number of ether oxygens (including phenoxy) is 1. The molecule has 3 aromatic rings. The summed E-state index contributed by atoms with van der Waals surface area (Å²) < 4.78 is 42.4. The average molecular weight is 513 g/mol. The number of piperidine rings is 1. The number of carbonyl (C=O) groups is 1. The summed E-state index contributed by atoms with van der Waals surface area (Å²) in [6, 6.07) is 15.3. The lowest BCUT2D eigenvalue weighted by Gasteiger charge is -2.33. The molecule has 7 nitrogen and oxygen atoms in total. The molecule has 4 rings (SSSR count). The van der Waals surface area contributed by atoms with Crippen LogP contribution < -0.4 is 15.7 Å². The number of hydrogen-bond acceptors (Lipinski definition) is 6. The zero-order valence-corrected chi connectivity index (χ0v) is 19.5. The number of nitrogens with zero attached hydrogens (tertiary/aromatic N) is 1. The quantitative estimate of drug-likeness (QED) is 0.456. The average Bonchev–Trinajstić information content (AvgIpc) is 2.81. The highest BCUT2D eigenvalue weighted by Crippen LogP contribution is 2.28. The van der Waals surface area contributed by atoms with Gasteiger partial charge in [0.25, 0.3) is 0 Å². The van der Waals surface area contributed by atoms with Crippen molar-refractivity contribution in [2.75, 3.05) is 25.5 Å². The fourth-order valence-electron chi connectivity index (χ4n) is 3.69. The molecule has 0 saturated carbocycles. The maximum Gasteiger partial charge on any atom is 0.490 e. The number of aliphatic carboxylic acids is 1. The molecule has 1 fully saturated rings. The Bertz CT molecular complexity index is 1210. The van der Waals surface area contributed by atoms with Gasteiger partial charge in [-0.25, -0.2) is 9.59 Å². The number of halogens is 4. The Labute approximate surface area is 204 Å². The lowest BCUT2D eigenvalue weighted by molar-refractivity contribution is -0.192. The maximum absolute atomic E-state index is 11.9. The Morgan fingerprint density at radius 3 is 2.37 bits per heavy atom. The summed E-state index contributed by atoms with van der Waals surface area (Å²) in [5.41, 5.74) is 2.30. The molecule has 188 valence electrons. The third-order valence-corrected chi connectivity index (χ3v) is 5.71. The first-order valence-electron chi connectivity index (χ1n) is 10.7. The first kappa shape index (κ1) is 26.4. The van der Waals surface area contributed by atoms with E-state index in [4.69, 9.17) is 30.7 Å². The molecule has 2 N–H and O–H groups in total. The van der Waals surface area contributed by atoms with Gasteiger partial charge >= 0.3 is 17.8 Å². The minimum atomic E-state index is -5.08. The molecule has 11 heteroatoms. The van der Waals surface area contributed by atoms with E-state index in [1.807, 2.05) is 18.2 Å². The molecule has 0 bridgehead atoms. The van der Waals surface area contributed by atoms with Crippen molar-refractivity contribution in [1.29, 1.82) is 0 Å². The van der Waals surface area contributed by atoms with Gasteiger partial charge in [0, 0.05) is 42.2 Å². The number of rotatable bonds is 5. The van der Waals surface area contributed by atoms with Gasteiger partial charge < -0.3 is 19.6 Å². The van der Waals surface area contributed by atoms with Crippen LogP contribution in [0.25, 0.3) is 11.0 Å². The number of fused-ring (bicyclic) bond motifs is 1. The van der Waals surface area contributed by atoms with Crippen LogP contribution >= 0.6 is 11.6 Å². The van der Waals surface area contributed by atoms with Crippen LogP contribution in [0.5, 0.6) is 5.75 Å². The molecule has 1 aliphatic rings. The van der Waals surface area contributed by atoms with Gasteiger partial charge in [-0.2, -0.15) is 13.2 Å². The van der Waals surface area contributed by atoms with Crippen molar-refractivity contribution < 1.29 is 32.2 Å². The van der Waals surface area contributed by atoms with Crippen molar-refractivity contribution in [3.05, 3.63) is 69.5 Å². The third-order valence-electron chi connectivity index (χ3n) is 5.46. The molecule has 0 radical (unpaired) electrons. The number of carboxylic acids is 1. The smallest absolute Gasteiger partial charge is 0.490 e. The largest absolute Gasteiger partial charge is 0.497 e. The van der Waals surface area contributed by atoms with Gasteiger partial charge in [-0.15, -0.1) is 0 Å². The van der Waals surface area contributed by atoms with Crippen LogP contribution in [0.3, 0.4) is 0 Å². The molecular formula is C24H24ClF3N2O5. The Morgan fingerprint density at radius 1 is 1.17 bits per heavy atom. The Balaban J connectivity index is 0.000000429. The highest BCUT2D eigenvalue weighted by molar-refractivity contribution is 6.30. The van der Waals surface area contributed by atoms with Gasteiger partial charge in [0.15, 0.2) is 0 Å². The van der Waals surface area contributed by atoms with Gasteiger partial charge in [-0.05, 0) is 48.7 Å². The summed E-state index contributed by atoms with van der Waals surface area (Å²) in [6.45, 7) is 2.94. The van der Waals surface area contributed by atoms with Crippen molar-refractivity contribution in [3.63, 3.8) is 0 Å². The minimum absolute atomic E-state index is 0.317. The van der Waals surface area contributed by atoms with Crippen LogP contribution in [0.1, 0.15) is 18.4 Å². The van der Waals surface area contributed by atoms with Crippen LogP contribution in [0, 0.1) is 0 Å². The Kier molecular flexibility index (Phi) is 8.63. The lowest BCUT2D eigenvalue weighted by atomic mass is 10.0. The molecule has 0 amide bonds. The number of alkyl halides is 3. The molecule has 1 aromatic heterocycles. The second-order valence-electron chi connectivity index (χ2n) is 7.97. The summed E-state index contributed by atoms with van der Waals surface area (Å²) in [5, 5.41) is 12.3. The molecule has 1 aliphatic heterocycles. The Morgan fingerprint density at radius 2 is 1.80 bits per heavy atom. The van der Waals surface area contributed by atoms with E-state index in [1.54, 1.807) is 19.2 Å². The summed E-state index contributed by atoms with van der Waals surface area (Å²) in [5.74, 6) is -2.02. The summed E-state index contributed by atoms with van der Waals surface area (Å²) in [6.07, 6.45) is -3.06. The molecule has 0 aliphatic carbocycles. The van der Waals surface area contributed by atoms with Gasteiger partial charge in [-0.1, -0.05) is 23.7 Å². The third kappa shape index (κ3) is 7.63. The fourth-order valence-corrected chi connectivity index (χ4v) is 3.82. The Hall–Kier alpha value is -3.24. The zero-order valence-electron chi connectivity index (χ0n) is 18.8. The molecule has 2 aromatic carbocycles. The van der Waals surface area contributed by atoms with E-state index in [1.165, 1.54) is 11.6 Å². The first-order chi connectivity index (χ1) is 16.5. The number of hydrogen-bond donors (Lipinski definition) is 2. The van der Waals surface area contributed by atoms with E-state index in [-0.39, 0.29) is 5.63 Å². The van der Waals surface area contributed by atoms with Crippen LogP contribution in [0.2, 0.25) is 5.02 Å². The normalized spacial score (nSPS) is 14.8. The number of methoxy groups -OCH3 is 1. The van der Waals surface area contributed by atoms with Crippen LogP contribution in [0.4, 0.5) is 18.9 Å². The second-order valence-corrected chi connectivity index (χ2v) is 8.40. The number of nitrogens with one attached hydrogen (secondary N) is 1. The van der Waals surface area contributed by atoms with Crippen molar-refractivity contribution in [3.8, 4) is 5.75 Å². The number of anilines is 1. The molecule has 35 heavy (non-hydrogen) atoms. The molecule has 1 saturated heterocycles. The van der Waals surface area contributed by atoms with Gasteiger partial charge in [-0.3, -0.25) is 4.90 Å². The van der Waals surface area contributed by atoms with E-state index in [0.717, 1.165) is 54.3 Å². The van der Waals surface area contributed by atoms with Crippen LogP contribution in [0.15, 0.2) is 57.7 Å². The topological polar surface area (TPSA) is 92.0 Å². The van der Waals surface area contributed by atoms with Crippen molar-refractivity contribution in [2.24, 2.45) is 0 Å². The molecule has 0 atom stereocenters.